The molecule has 4 heteroatoms. The Bertz CT molecular complexity index is 296. The second-order valence-electron chi connectivity index (χ2n) is 5.92. The van der Waals surface area contributed by atoms with Crippen LogP contribution in [0.25, 0.3) is 0 Å². The quantitative estimate of drug-likeness (QED) is 0.818. The van der Waals surface area contributed by atoms with E-state index in [0.717, 1.165) is 39.0 Å². The van der Waals surface area contributed by atoms with Crippen LogP contribution in [-0.4, -0.2) is 42.8 Å². The lowest BCUT2D eigenvalue weighted by Gasteiger charge is -2.25. The largest absolute Gasteiger partial charge is 0.376 e. The predicted octanol–water partition coefficient (Wildman–Crippen LogP) is 2.14. The van der Waals surface area contributed by atoms with Crippen molar-refractivity contribution in [3.8, 4) is 0 Å². The molecular formula is C14H24N2O2. The van der Waals surface area contributed by atoms with Crippen molar-refractivity contribution in [3.63, 3.8) is 0 Å². The van der Waals surface area contributed by atoms with E-state index in [2.05, 4.69) is 5.32 Å². The van der Waals surface area contributed by atoms with Gasteiger partial charge < -0.3 is 15.0 Å². The molecular weight excluding hydrogens is 228 g/mol. The lowest BCUT2D eigenvalue weighted by atomic mass is 10.1. The molecule has 1 aliphatic carbocycles. The molecule has 102 valence electrons. The number of carbonyl (C=O) groups excluding carboxylic acids is 1. The zero-order chi connectivity index (χ0) is 12.4. The number of nitrogens with one attached hydrogen (secondary N) is 1. The summed E-state index contributed by atoms with van der Waals surface area (Å²) in [6.45, 7) is 2.66. The number of nitrogens with zero attached hydrogens (tertiary/aromatic N) is 1. The third-order valence-electron chi connectivity index (χ3n) is 4.42. The molecule has 18 heavy (non-hydrogen) atoms. The lowest BCUT2D eigenvalue weighted by Crippen LogP contribution is -2.48. The smallest absolute Gasteiger partial charge is 0.317 e. The van der Waals surface area contributed by atoms with Crippen LogP contribution in [-0.2, 0) is 4.74 Å². The van der Waals surface area contributed by atoms with Crippen molar-refractivity contribution < 1.29 is 9.53 Å². The van der Waals surface area contributed by atoms with Crippen molar-refractivity contribution in [1.82, 2.24) is 10.2 Å². The van der Waals surface area contributed by atoms with Gasteiger partial charge in [0, 0.05) is 19.7 Å². The average molecular weight is 252 g/mol. The van der Waals surface area contributed by atoms with Gasteiger partial charge in [0.25, 0.3) is 0 Å². The number of rotatable bonds is 2. The zero-order valence-electron chi connectivity index (χ0n) is 11.1. The lowest BCUT2D eigenvalue weighted by molar-refractivity contribution is 0.0810. The van der Waals surface area contributed by atoms with Crippen LogP contribution < -0.4 is 5.32 Å². The number of ether oxygens (including phenoxy) is 1. The molecule has 0 aromatic rings. The molecule has 1 N–H and O–H groups in total. The Hall–Kier alpha value is -0.770. The summed E-state index contributed by atoms with van der Waals surface area (Å²) in [4.78, 5) is 14.2. The fraction of sp³-hybridized carbons (Fsp3) is 0.929. The third-order valence-corrected chi connectivity index (χ3v) is 4.42. The summed E-state index contributed by atoms with van der Waals surface area (Å²) < 4.78 is 5.77. The molecule has 3 fully saturated rings. The number of carbonyl (C=O) groups is 1. The third kappa shape index (κ3) is 2.79. The van der Waals surface area contributed by atoms with Crippen LogP contribution in [0, 0.1) is 5.92 Å². The molecule has 3 aliphatic rings. The Morgan fingerprint density at radius 2 is 1.78 bits per heavy atom. The number of amides is 2. The minimum Gasteiger partial charge on any atom is -0.376 e. The molecule has 2 unspecified atom stereocenters. The summed E-state index contributed by atoms with van der Waals surface area (Å²) in [5.41, 5.74) is 0. The summed E-state index contributed by atoms with van der Waals surface area (Å²) in [6, 6.07) is 0.395. The maximum Gasteiger partial charge on any atom is 0.317 e. The molecule has 3 rings (SSSR count). The van der Waals surface area contributed by atoms with Crippen molar-refractivity contribution in [2.24, 2.45) is 5.92 Å². The SMILES string of the molecule is O=C(NC1CCOC1C1CC1)N1CCCCCC1. The molecule has 2 saturated heterocycles. The first-order valence-electron chi connectivity index (χ1n) is 7.51. The van der Waals surface area contributed by atoms with E-state index in [9.17, 15) is 4.79 Å². The van der Waals surface area contributed by atoms with E-state index in [0.29, 0.717) is 12.0 Å². The first kappa shape index (κ1) is 12.3. The highest BCUT2D eigenvalue weighted by Gasteiger charge is 2.41. The van der Waals surface area contributed by atoms with Crippen LogP contribution in [0.15, 0.2) is 0 Å². The Morgan fingerprint density at radius 3 is 2.44 bits per heavy atom. The van der Waals surface area contributed by atoms with Gasteiger partial charge in [-0.2, -0.15) is 0 Å². The summed E-state index contributed by atoms with van der Waals surface area (Å²) >= 11 is 0. The van der Waals surface area contributed by atoms with Crippen molar-refractivity contribution in [3.05, 3.63) is 0 Å². The highest BCUT2D eigenvalue weighted by molar-refractivity contribution is 5.74. The van der Waals surface area contributed by atoms with Gasteiger partial charge in [-0.25, -0.2) is 4.79 Å². The Balaban J connectivity index is 1.52. The van der Waals surface area contributed by atoms with Gasteiger partial charge in [0.1, 0.15) is 0 Å². The molecule has 2 atom stereocenters. The second-order valence-corrected chi connectivity index (χ2v) is 5.92. The highest BCUT2D eigenvalue weighted by atomic mass is 16.5. The molecule has 2 amide bonds. The average Bonchev–Trinajstić information content (AvgIpc) is 3.16. The van der Waals surface area contributed by atoms with Crippen LogP contribution in [0.4, 0.5) is 4.79 Å². The molecule has 1 saturated carbocycles. The molecule has 0 aromatic heterocycles. The number of likely N-dealkylation sites (tertiary alicyclic amines) is 1. The van der Waals surface area contributed by atoms with E-state index in [-0.39, 0.29) is 12.1 Å². The van der Waals surface area contributed by atoms with Crippen LogP contribution in [0.2, 0.25) is 0 Å². The van der Waals surface area contributed by atoms with Crippen molar-refractivity contribution in [2.75, 3.05) is 19.7 Å². The minimum absolute atomic E-state index is 0.137. The van der Waals surface area contributed by atoms with E-state index >= 15 is 0 Å². The first-order valence-corrected chi connectivity index (χ1v) is 7.51. The summed E-state index contributed by atoms with van der Waals surface area (Å²) in [7, 11) is 0. The van der Waals surface area contributed by atoms with Gasteiger partial charge in [-0.1, -0.05) is 12.8 Å². The van der Waals surface area contributed by atoms with E-state index in [4.69, 9.17) is 4.74 Å². The zero-order valence-corrected chi connectivity index (χ0v) is 11.1. The summed E-state index contributed by atoms with van der Waals surface area (Å²) in [5, 5.41) is 3.21. The van der Waals surface area contributed by atoms with Gasteiger partial charge >= 0.3 is 6.03 Å². The number of hydrogen-bond acceptors (Lipinski definition) is 2. The molecule has 0 bridgehead atoms. The van der Waals surface area contributed by atoms with Gasteiger partial charge in [0.2, 0.25) is 0 Å². The Labute approximate surface area is 109 Å². The maximum absolute atomic E-state index is 12.3. The Kier molecular flexibility index (Phi) is 3.73. The molecule has 0 spiro atoms. The predicted molar refractivity (Wildman–Crippen MR) is 69.4 cm³/mol. The molecule has 0 aromatic carbocycles. The minimum atomic E-state index is 0.137. The topological polar surface area (TPSA) is 41.6 Å². The highest BCUT2D eigenvalue weighted by Crippen LogP contribution is 2.38. The first-order chi connectivity index (χ1) is 8.84. The fourth-order valence-electron chi connectivity index (χ4n) is 3.18. The van der Waals surface area contributed by atoms with Gasteiger partial charge in [0.15, 0.2) is 0 Å². The van der Waals surface area contributed by atoms with Crippen LogP contribution in [0.3, 0.4) is 0 Å². The van der Waals surface area contributed by atoms with Crippen LogP contribution >= 0.6 is 0 Å². The maximum atomic E-state index is 12.3. The molecule has 4 nitrogen and oxygen atoms in total. The van der Waals surface area contributed by atoms with Gasteiger partial charge in [-0.05, 0) is 38.0 Å². The van der Waals surface area contributed by atoms with Crippen LogP contribution in [0.5, 0.6) is 0 Å². The molecule has 2 aliphatic heterocycles. The monoisotopic (exact) mass is 252 g/mol. The normalized spacial score (nSPS) is 33.2. The van der Waals surface area contributed by atoms with Crippen molar-refractivity contribution in [2.45, 2.75) is 57.1 Å². The fourth-order valence-corrected chi connectivity index (χ4v) is 3.18. The standard InChI is InChI=1S/C14H24N2O2/c17-14(16-8-3-1-2-4-9-16)15-12-7-10-18-13(12)11-5-6-11/h11-13H,1-10H2,(H,15,17). The second kappa shape index (κ2) is 5.47. The van der Waals surface area contributed by atoms with Gasteiger partial charge in [0.05, 0.1) is 12.1 Å². The van der Waals surface area contributed by atoms with E-state index in [1.54, 1.807) is 0 Å². The summed E-state index contributed by atoms with van der Waals surface area (Å²) in [5.74, 6) is 0.710. The van der Waals surface area contributed by atoms with Crippen LogP contribution in [0.1, 0.15) is 44.9 Å². The summed E-state index contributed by atoms with van der Waals surface area (Å²) in [6.07, 6.45) is 8.67. The number of urea groups is 1. The molecule has 2 heterocycles. The van der Waals surface area contributed by atoms with Crippen molar-refractivity contribution in [1.29, 1.82) is 0 Å². The van der Waals surface area contributed by atoms with Gasteiger partial charge in [-0.3, -0.25) is 0 Å². The van der Waals surface area contributed by atoms with Gasteiger partial charge in [-0.15, -0.1) is 0 Å². The molecule has 0 radical (unpaired) electrons. The number of hydrogen-bond donors (Lipinski definition) is 1. The van der Waals surface area contributed by atoms with Crippen molar-refractivity contribution >= 4 is 6.03 Å². The Morgan fingerprint density at radius 1 is 1.06 bits per heavy atom. The van der Waals surface area contributed by atoms with E-state index in [1.165, 1.54) is 25.7 Å². The van der Waals surface area contributed by atoms with E-state index < -0.39 is 0 Å². The van der Waals surface area contributed by atoms with E-state index in [1.807, 2.05) is 4.90 Å².